The van der Waals surface area contributed by atoms with Crippen LogP contribution in [0.3, 0.4) is 0 Å². The zero-order chi connectivity index (χ0) is 23.4. The van der Waals surface area contributed by atoms with Crippen molar-refractivity contribution in [2.45, 2.75) is 19.4 Å². The van der Waals surface area contributed by atoms with Crippen molar-refractivity contribution < 1.29 is 22.4 Å². The molecule has 1 atom stereocenters. The Morgan fingerprint density at radius 2 is 1.94 bits per heavy atom. The number of carbonyl (C=O) groups excluding carboxylic acids is 1. The number of hydrogen-bond acceptors (Lipinski definition) is 7. The number of H-pyrrole nitrogens is 1. The topological polar surface area (TPSA) is 114 Å². The predicted molar refractivity (Wildman–Crippen MR) is 114 cm³/mol. The van der Waals surface area contributed by atoms with Gasteiger partial charge in [0.25, 0.3) is 0 Å². The lowest BCUT2D eigenvalue weighted by molar-refractivity contribution is 0.0627. The van der Waals surface area contributed by atoms with Gasteiger partial charge in [-0.3, -0.25) is 4.79 Å². The highest BCUT2D eigenvalue weighted by Gasteiger charge is 2.39. The number of oxazole rings is 1. The third-order valence-electron chi connectivity index (χ3n) is 5.81. The molecule has 0 saturated heterocycles. The molecule has 0 unspecified atom stereocenters. The summed E-state index contributed by atoms with van der Waals surface area (Å²) in [5.41, 5.74) is 3.25. The Hall–Kier alpha value is -4.41. The lowest BCUT2D eigenvalue weighted by Crippen LogP contribution is -2.41. The van der Waals surface area contributed by atoms with E-state index in [0.29, 0.717) is 40.9 Å². The van der Waals surface area contributed by atoms with Gasteiger partial charge in [-0.15, -0.1) is 10.2 Å². The molecule has 170 valence electrons. The molecule has 6 rings (SSSR count). The van der Waals surface area contributed by atoms with E-state index in [-0.39, 0.29) is 23.5 Å². The summed E-state index contributed by atoms with van der Waals surface area (Å²) in [4.78, 5) is 26.8. The SMILES string of the molecule is Cc1cc(F)ccc1-c1nnc(C(=O)N2CCc3[nH]cnc3[C@H]2c2nc3cc(F)ccc3o2)o1. The molecule has 1 N–H and O–H groups in total. The zero-order valence-electron chi connectivity index (χ0n) is 17.7. The van der Waals surface area contributed by atoms with Crippen molar-refractivity contribution >= 4 is 17.0 Å². The Morgan fingerprint density at radius 1 is 1.12 bits per heavy atom. The molecule has 34 heavy (non-hydrogen) atoms. The number of nitrogens with one attached hydrogen (secondary N) is 1. The Morgan fingerprint density at radius 3 is 2.79 bits per heavy atom. The second-order valence-corrected chi connectivity index (χ2v) is 7.95. The maximum absolute atomic E-state index is 13.7. The first-order valence-corrected chi connectivity index (χ1v) is 10.5. The second kappa shape index (κ2) is 7.58. The number of aryl methyl sites for hydroxylation is 1. The number of imidazole rings is 1. The van der Waals surface area contributed by atoms with Crippen LogP contribution in [0.2, 0.25) is 0 Å². The van der Waals surface area contributed by atoms with E-state index in [1.807, 2.05) is 0 Å². The molecule has 3 aromatic heterocycles. The summed E-state index contributed by atoms with van der Waals surface area (Å²) in [6.07, 6.45) is 2.06. The first-order valence-electron chi connectivity index (χ1n) is 10.5. The van der Waals surface area contributed by atoms with Crippen molar-refractivity contribution in [1.29, 1.82) is 0 Å². The van der Waals surface area contributed by atoms with Gasteiger partial charge in [-0.1, -0.05) is 0 Å². The number of halogens is 2. The van der Waals surface area contributed by atoms with Crippen LogP contribution in [0.15, 0.2) is 51.6 Å². The van der Waals surface area contributed by atoms with Crippen LogP contribution < -0.4 is 0 Å². The molecule has 0 aliphatic carbocycles. The van der Waals surface area contributed by atoms with Gasteiger partial charge >= 0.3 is 11.8 Å². The quantitative estimate of drug-likeness (QED) is 0.431. The van der Waals surface area contributed by atoms with Crippen LogP contribution >= 0.6 is 0 Å². The van der Waals surface area contributed by atoms with Gasteiger partial charge in [0.2, 0.25) is 11.8 Å². The number of carbonyl (C=O) groups is 1. The monoisotopic (exact) mass is 462 g/mol. The summed E-state index contributed by atoms with van der Waals surface area (Å²) >= 11 is 0. The highest BCUT2D eigenvalue weighted by Crippen LogP contribution is 2.35. The standard InChI is InChI=1S/C23H16F2N6O3/c1-11-8-12(24)2-4-14(11)20-29-30-22(34-20)23(32)31-7-6-15-18(27-10-26-15)19(31)21-28-16-9-13(25)3-5-17(16)33-21/h2-5,8-10,19H,6-7H2,1H3,(H,26,27)/t19-/m0/s1. The minimum Gasteiger partial charge on any atom is -0.438 e. The van der Waals surface area contributed by atoms with Crippen LogP contribution in [0.5, 0.6) is 0 Å². The smallest absolute Gasteiger partial charge is 0.312 e. The first-order chi connectivity index (χ1) is 16.5. The van der Waals surface area contributed by atoms with Crippen molar-refractivity contribution in [3.05, 3.63) is 83.1 Å². The Balaban J connectivity index is 1.39. The van der Waals surface area contributed by atoms with Crippen LogP contribution in [0.1, 0.15) is 39.6 Å². The lowest BCUT2D eigenvalue weighted by atomic mass is 10.0. The summed E-state index contributed by atoms with van der Waals surface area (Å²) in [7, 11) is 0. The second-order valence-electron chi connectivity index (χ2n) is 7.95. The van der Waals surface area contributed by atoms with Gasteiger partial charge in [0.05, 0.1) is 12.0 Å². The molecule has 0 fully saturated rings. The third kappa shape index (κ3) is 3.24. The van der Waals surface area contributed by atoms with E-state index < -0.39 is 17.8 Å². The fourth-order valence-corrected chi connectivity index (χ4v) is 4.19. The lowest BCUT2D eigenvalue weighted by Gasteiger charge is -2.31. The molecule has 0 saturated carbocycles. The number of hydrogen-bond donors (Lipinski definition) is 1. The van der Waals surface area contributed by atoms with E-state index in [9.17, 15) is 13.6 Å². The van der Waals surface area contributed by atoms with Crippen molar-refractivity contribution in [3.8, 4) is 11.5 Å². The maximum Gasteiger partial charge on any atom is 0.312 e. The molecule has 1 amide bonds. The van der Waals surface area contributed by atoms with Crippen LogP contribution in [-0.2, 0) is 6.42 Å². The molecular weight excluding hydrogens is 446 g/mol. The highest BCUT2D eigenvalue weighted by molar-refractivity contribution is 5.90. The van der Waals surface area contributed by atoms with E-state index in [4.69, 9.17) is 8.83 Å². The summed E-state index contributed by atoms with van der Waals surface area (Å²) in [5, 5.41) is 7.91. The molecule has 0 radical (unpaired) electrons. The van der Waals surface area contributed by atoms with Crippen molar-refractivity contribution in [3.63, 3.8) is 0 Å². The zero-order valence-corrected chi connectivity index (χ0v) is 17.7. The Labute approximate surface area is 190 Å². The van der Waals surface area contributed by atoms with E-state index in [2.05, 4.69) is 25.1 Å². The van der Waals surface area contributed by atoms with Crippen LogP contribution in [0.25, 0.3) is 22.6 Å². The van der Waals surface area contributed by atoms with Crippen molar-refractivity contribution in [2.24, 2.45) is 0 Å². The Kier molecular flexibility index (Phi) is 4.51. The van der Waals surface area contributed by atoms with Gasteiger partial charge in [0, 0.05) is 30.3 Å². The van der Waals surface area contributed by atoms with Crippen molar-refractivity contribution in [2.75, 3.05) is 6.54 Å². The van der Waals surface area contributed by atoms with Gasteiger partial charge < -0.3 is 18.7 Å². The number of rotatable bonds is 3. The predicted octanol–water partition coefficient (Wildman–Crippen LogP) is 3.98. The van der Waals surface area contributed by atoms with Crippen LogP contribution in [0.4, 0.5) is 8.78 Å². The fourth-order valence-electron chi connectivity index (χ4n) is 4.19. The van der Waals surface area contributed by atoms with E-state index in [1.165, 1.54) is 47.6 Å². The highest BCUT2D eigenvalue weighted by atomic mass is 19.1. The molecule has 0 bridgehead atoms. The first kappa shape index (κ1) is 20.2. The number of nitrogens with zero attached hydrogens (tertiary/aromatic N) is 5. The molecule has 9 nitrogen and oxygen atoms in total. The maximum atomic E-state index is 13.7. The van der Waals surface area contributed by atoms with Gasteiger partial charge in [-0.25, -0.2) is 18.7 Å². The number of aromatic nitrogens is 5. The fraction of sp³-hybridized carbons (Fsp3) is 0.174. The average Bonchev–Trinajstić information content (AvgIpc) is 3.56. The molecular formula is C23H16F2N6O3. The number of amides is 1. The van der Waals surface area contributed by atoms with Gasteiger partial charge in [0.1, 0.15) is 17.2 Å². The van der Waals surface area contributed by atoms with Gasteiger partial charge in [-0.2, -0.15) is 0 Å². The van der Waals surface area contributed by atoms with Crippen LogP contribution in [-0.4, -0.2) is 42.5 Å². The average molecular weight is 462 g/mol. The molecule has 2 aromatic carbocycles. The summed E-state index contributed by atoms with van der Waals surface area (Å²) in [6, 6.07) is 7.39. The molecule has 0 spiro atoms. The van der Waals surface area contributed by atoms with E-state index >= 15 is 0 Å². The summed E-state index contributed by atoms with van der Waals surface area (Å²) in [5.74, 6) is -1.31. The largest absolute Gasteiger partial charge is 0.438 e. The minimum absolute atomic E-state index is 0.104. The number of benzene rings is 2. The Bertz CT molecular complexity index is 1560. The number of fused-ring (bicyclic) bond motifs is 2. The molecule has 11 heteroatoms. The van der Waals surface area contributed by atoms with Crippen LogP contribution in [0, 0.1) is 18.6 Å². The number of aromatic amines is 1. The molecule has 5 aromatic rings. The van der Waals surface area contributed by atoms with Crippen molar-refractivity contribution in [1.82, 2.24) is 30.0 Å². The molecule has 4 heterocycles. The van der Waals surface area contributed by atoms with E-state index in [0.717, 1.165) is 5.69 Å². The van der Waals surface area contributed by atoms with Gasteiger partial charge in [0.15, 0.2) is 11.6 Å². The minimum atomic E-state index is -0.777. The summed E-state index contributed by atoms with van der Waals surface area (Å²) < 4.78 is 38.7. The molecule has 1 aliphatic heterocycles. The normalized spacial score (nSPS) is 15.6. The third-order valence-corrected chi connectivity index (χ3v) is 5.81. The summed E-state index contributed by atoms with van der Waals surface area (Å²) in [6.45, 7) is 2.01. The van der Waals surface area contributed by atoms with Gasteiger partial charge in [-0.05, 0) is 42.8 Å². The van der Waals surface area contributed by atoms with E-state index in [1.54, 1.807) is 6.92 Å². The molecule has 1 aliphatic rings.